The summed E-state index contributed by atoms with van der Waals surface area (Å²) in [5.74, 6) is 1.06. The molecule has 0 fully saturated rings. The van der Waals surface area contributed by atoms with Crippen molar-refractivity contribution >= 4 is 17.6 Å². The minimum Gasteiger partial charge on any atom is -0.492 e. The molecule has 0 aliphatic carbocycles. The van der Waals surface area contributed by atoms with Gasteiger partial charge in [-0.25, -0.2) is 4.79 Å². The second-order valence-corrected chi connectivity index (χ2v) is 8.34. The largest absolute Gasteiger partial charge is 0.492 e. The summed E-state index contributed by atoms with van der Waals surface area (Å²) in [4.78, 5) is 16.6. The van der Waals surface area contributed by atoms with Crippen molar-refractivity contribution in [1.82, 2.24) is 15.1 Å². The predicted octanol–water partition coefficient (Wildman–Crippen LogP) is 4.99. The van der Waals surface area contributed by atoms with Gasteiger partial charge in [0.25, 0.3) is 0 Å². The lowest BCUT2D eigenvalue weighted by Gasteiger charge is -2.24. The summed E-state index contributed by atoms with van der Waals surface area (Å²) in [5, 5.41) is 14.6. The number of nitrogens with zero attached hydrogens (tertiary/aromatic N) is 2. The van der Waals surface area contributed by atoms with Crippen molar-refractivity contribution < 1.29 is 9.53 Å². The molecular formula is C27H41N5O2. The Labute approximate surface area is 205 Å². The number of nitrogens with one attached hydrogen (secondary N) is 3. The number of benzene rings is 2. The van der Waals surface area contributed by atoms with E-state index in [1.165, 1.54) is 10.5 Å². The first kappa shape index (κ1) is 27.2. The van der Waals surface area contributed by atoms with Gasteiger partial charge < -0.3 is 20.3 Å². The third-order valence-corrected chi connectivity index (χ3v) is 5.48. The van der Waals surface area contributed by atoms with E-state index in [1.807, 2.05) is 37.3 Å². The number of carbonyl (C=O) groups is 1. The molecule has 0 atom stereocenters. The molecule has 2 aromatic rings. The van der Waals surface area contributed by atoms with Gasteiger partial charge in [0.05, 0.1) is 6.54 Å². The molecule has 0 unspecified atom stereocenters. The number of hydrogen-bond acceptors (Lipinski definition) is 5. The number of amides is 2. The summed E-state index contributed by atoms with van der Waals surface area (Å²) in [6.07, 6.45) is 2.46. The molecule has 0 saturated heterocycles. The van der Waals surface area contributed by atoms with Crippen LogP contribution in [0.5, 0.6) is 5.75 Å². The predicted molar refractivity (Wildman–Crippen MR) is 141 cm³/mol. The summed E-state index contributed by atoms with van der Waals surface area (Å²) >= 11 is 0. The van der Waals surface area contributed by atoms with Gasteiger partial charge in [0.2, 0.25) is 0 Å². The summed E-state index contributed by atoms with van der Waals surface area (Å²) < 4.78 is 5.71. The summed E-state index contributed by atoms with van der Waals surface area (Å²) in [5.41, 5.74) is 2.40. The van der Waals surface area contributed by atoms with Crippen LogP contribution in [-0.2, 0) is 0 Å². The van der Waals surface area contributed by atoms with E-state index in [9.17, 15) is 4.79 Å². The second-order valence-electron chi connectivity index (χ2n) is 8.34. The Morgan fingerprint density at radius 1 is 0.971 bits per heavy atom. The SMILES string of the molecule is CCCN(CCCNC(=O)N(CCOc1ccccc1)C(=N)CC)CCNc1cccc(C)c1. The quantitative estimate of drug-likeness (QED) is 0.196. The van der Waals surface area contributed by atoms with Gasteiger partial charge in [-0.05, 0) is 62.7 Å². The van der Waals surface area contributed by atoms with E-state index in [2.05, 4.69) is 53.6 Å². The maximum Gasteiger partial charge on any atom is 0.322 e. The molecule has 0 aliphatic heterocycles. The maximum absolute atomic E-state index is 12.7. The Morgan fingerprint density at radius 3 is 2.47 bits per heavy atom. The zero-order chi connectivity index (χ0) is 24.6. The molecule has 186 valence electrons. The van der Waals surface area contributed by atoms with E-state index in [0.29, 0.717) is 32.0 Å². The first-order valence-corrected chi connectivity index (χ1v) is 12.4. The van der Waals surface area contributed by atoms with Crippen molar-refractivity contribution in [2.24, 2.45) is 0 Å². The van der Waals surface area contributed by atoms with E-state index in [0.717, 1.165) is 50.5 Å². The normalized spacial score (nSPS) is 10.7. The zero-order valence-corrected chi connectivity index (χ0v) is 21.0. The number of aryl methyl sites for hydroxylation is 1. The highest BCUT2D eigenvalue weighted by molar-refractivity contribution is 5.95. The maximum atomic E-state index is 12.7. The van der Waals surface area contributed by atoms with Crippen LogP contribution in [0.3, 0.4) is 0 Å². The highest BCUT2D eigenvalue weighted by Crippen LogP contribution is 2.10. The van der Waals surface area contributed by atoms with Crippen LogP contribution in [0, 0.1) is 12.3 Å². The molecule has 0 heterocycles. The third-order valence-electron chi connectivity index (χ3n) is 5.48. The highest BCUT2D eigenvalue weighted by Gasteiger charge is 2.17. The lowest BCUT2D eigenvalue weighted by molar-refractivity contribution is 0.207. The van der Waals surface area contributed by atoms with Crippen LogP contribution in [0.2, 0.25) is 0 Å². The van der Waals surface area contributed by atoms with Crippen LogP contribution < -0.4 is 15.4 Å². The standard InChI is InChI=1S/C27H41N5O2/c1-4-17-31(19-16-29-24-12-9-11-23(3)22-24)18-10-15-30-27(33)32(26(28)5-2)20-21-34-25-13-7-6-8-14-25/h6-9,11-14,22,28-29H,4-5,10,15-21H2,1-3H3,(H,30,33). The lowest BCUT2D eigenvalue weighted by atomic mass is 10.2. The van der Waals surface area contributed by atoms with Crippen LogP contribution in [0.1, 0.15) is 38.7 Å². The Bertz CT molecular complexity index is 859. The number of para-hydroxylation sites is 1. The molecule has 0 bridgehead atoms. The number of anilines is 1. The van der Waals surface area contributed by atoms with E-state index < -0.39 is 0 Å². The Hall–Kier alpha value is -3.06. The molecule has 0 spiro atoms. The summed E-state index contributed by atoms with van der Waals surface area (Å²) in [7, 11) is 0. The fourth-order valence-electron chi connectivity index (χ4n) is 3.68. The van der Waals surface area contributed by atoms with E-state index in [1.54, 1.807) is 0 Å². The van der Waals surface area contributed by atoms with Crippen LogP contribution in [0.4, 0.5) is 10.5 Å². The molecule has 7 heteroatoms. The number of rotatable bonds is 15. The van der Waals surface area contributed by atoms with Gasteiger partial charge in [-0.1, -0.05) is 44.2 Å². The van der Waals surface area contributed by atoms with Gasteiger partial charge in [0, 0.05) is 31.7 Å². The van der Waals surface area contributed by atoms with Gasteiger partial charge in [-0.3, -0.25) is 10.3 Å². The molecular weight excluding hydrogens is 426 g/mol. The molecule has 2 aromatic carbocycles. The monoisotopic (exact) mass is 467 g/mol. The van der Waals surface area contributed by atoms with E-state index in [4.69, 9.17) is 10.1 Å². The average Bonchev–Trinajstić information content (AvgIpc) is 2.84. The third kappa shape index (κ3) is 10.3. The molecule has 0 aliphatic rings. The van der Waals surface area contributed by atoms with Gasteiger partial charge in [-0.15, -0.1) is 0 Å². The smallest absolute Gasteiger partial charge is 0.322 e. The van der Waals surface area contributed by atoms with Crippen LogP contribution in [0.25, 0.3) is 0 Å². The first-order valence-electron chi connectivity index (χ1n) is 12.4. The Kier molecular flexibility index (Phi) is 12.6. The molecule has 34 heavy (non-hydrogen) atoms. The van der Waals surface area contributed by atoms with Gasteiger partial charge >= 0.3 is 6.03 Å². The number of hydrogen-bond donors (Lipinski definition) is 3. The molecule has 3 N–H and O–H groups in total. The molecule has 0 aromatic heterocycles. The van der Waals surface area contributed by atoms with Gasteiger partial charge in [0.15, 0.2) is 0 Å². The number of ether oxygens (including phenoxy) is 1. The average molecular weight is 468 g/mol. The van der Waals surface area contributed by atoms with Gasteiger partial charge in [0.1, 0.15) is 18.2 Å². The van der Waals surface area contributed by atoms with Crippen LogP contribution in [0.15, 0.2) is 54.6 Å². The summed E-state index contributed by atoms with van der Waals surface area (Å²) in [6.45, 7) is 11.2. The lowest BCUT2D eigenvalue weighted by Crippen LogP contribution is -2.46. The van der Waals surface area contributed by atoms with Crippen molar-refractivity contribution in [3.8, 4) is 5.75 Å². The van der Waals surface area contributed by atoms with Gasteiger partial charge in [-0.2, -0.15) is 0 Å². The van der Waals surface area contributed by atoms with E-state index in [-0.39, 0.29) is 6.03 Å². The Morgan fingerprint density at radius 2 is 1.76 bits per heavy atom. The van der Waals surface area contributed by atoms with Crippen molar-refractivity contribution in [1.29, 1.82) is 5.41 Å². The van der Waals surface area contributed by atoms with Crippen LogP contribution >= 0.6 is 0 Å². The first-order chi connectivity index (χ1) is 16.5. The molecule has 0 saturated carbocycles. The zero-order valence-electron chi connectivity index (χ0n) is 21.0. The molecule has 2 amide bonds. The van der Waals surface area contributed by atoms with Crippen LogP contribution in [-0.4, -0.2) is 67.5 Å². The molecule has 2 rings (SSSR count). The van der Waals surface area contributed by atoms with E-state index >= 15 is 0 Å². The number of amidine groups is 1. The minimum atomic E-state index is -0.230. The molecule has 0 radical (unpaired) electrons. The van der Waals surface area contributed by atoms with Crippen molar-refractivity contribution in [3.63, 3.8) is 0 Å². The number of urea groups is 1. The second kappa shape index (κ2) is 15.7. The Balaban J connectivity index is 1.71. The fourth-order valence-corrected chi connectivity index (χ4v) is 3.68. The summed E-state index contributed by atoms with van der Waals surface area (Å²) in [6, 6.07) is 17.7. The van der Waals surface area contributed by atoms with Crippen molar-refractivity contribution in [2.75, 3.05) is 51.2 Å². The fraction of sp³-hybridized carbons (Fsp3) is 0.481. The highest BCUT2D eigenvalue weighted by atomic mass is 16.5. The topological polar surface area (TPSA) is 80.7 Å². The molecule has 7 nitrogen and oxygen atoms in total. The minimum absolute atomic E-state index is 0.230. The van der Waals surface area contributed by atoms with Crippen molar-refractivity contribution in [2.45, 2.75) is 40.0 Å². The number of carbonyl (C=O) groups excluding carboxylic acids is 1. The van der Waals surface area contributed by atoms with Crippen molar-refractivity contribution in [3.05, 3.63) is 60.2 Å².